The van der Waals surface area contributed by atoms with Gasteiger partial charge in [0.15, 0.2) is 0 Å². The second-order valence-corrected chi connectivity index (χ2v) is 4.48. The fraction of sp³-hybridized carbons (Fsp3) is 0.438. The molecule has 1 heteroatoms. The number of fused-ring (bicyclic) bond motifs is 1. The molecule has 0 saturated heterocycles. The van der Waals surface area contributed by atoms with E-state index in [-0.39, 0.29) is 0 Å². The van der Waals surface area contributed by atoms with Crippen LogP contribution >= 0.6 is 0 Å². The van der Waals surface area contributed by atoms with Crippen LogP contribution in [0.4, 0.5) is 0 Å². The molecule has 0 spiro atoms. The fourth-order valence-corrected chi connectivity index (χ4v) is 2.11. The Morgan fingerprint density at radius 1 is 1.24 bits per heavy atom. The van der Waals surface area contributed by atoms with Gasteiger partial charge < -0.3 is 0 Å². The molecule has 1 nitrogen and oxygen atoms in total. The van der Waals surface area contributed by atoms with Crippen molar-refractivity contribution in [3.8, 4) is 0 Å². The van der Waals surface area contributed by atoms with E-state index < -0.39 is 0 Å². The molecule has 2 rings (SSSR count). The van der Waals surface area contributed by atoms with E-state index in [1.54, 1.807) is 0 Å². The van der Waals surface area contributed by atoms with Gasteiger partial charge >= 0.3 is 0 Å². The molecule has 0 bridgehead atoms. The first-order valence-corrected chi connectivity index (χ1v) is 6.47. The number of pyridine rings is 1. The average Bonchev–Trinajstić information content (AvgIpc) is 2.35. The Bertz CT molecular complexity index is 427. The summed E-state index contributed by atoms with van der Waals surface area (Å²) in [5, 5.41) is 0. The highest BCUT2D eigenvalue weighted by atomic mass is 14.7. The lowest BCUT2D eigenvalue weighted by molar-refractivity contribution is 0.770. The number of allylic oxidation sites excluding steroid dienone is 2. The average molecular weight is 229 g/mol. The van der Waals surface area contributed by atoms with Crippen LogP contribution in [0.15, 0.2) is 30.5 Å². The second kappa shape index (κ2) is 5.81. The van der Waals surface area contributed by atoms with Crippen molar-refractivity contribution >= 4 is 6.08 Å². The highest BCUT2D eigenvalue weighted by Gasteiger charge is 2.21. The monoisotopic (exact) mass is 229 g/mol. The van der Waals surface area contributed by atoms with Gasteiger partial charge in [0.25, 0.3) is 0 Å². The van der Waals surface area contributed by atoms with E-state index in [4.69, 9.17) is 0 Å². The molecule has 0 N–H and O–H groups in total. The van der Waals surface area contributed by atoms with Crippen molar-refractivity contribution in [3.05, 3.63) is 47.3 Å². The van der Waals surface area contributed by atoms with E-state index >= 15 is 0 Å². The van der Waals surface area contributed by atoms with Crippen molar-refractivity contribution in [2.75, 3.05) is 0 Å². The van der Waals surface area contributed by atoms with Crippen LogP contribution in [0.1, 0.15) is 63.3 Å². The molecule has 17 heavy (non-hydrogen) atoms. The maximum absolute atomic E-state index is 4.50. The Morgan fingerprint density at radius 2 is 1.88 bits per heavy atom. The molecule has 1 aliphatic carbocycles. The van der Waals surface area contributed by atoms with Gasteiger partial charge in [-0.25, -0.2) is 0 Å². The molecule has 0 radical (unpaired) electrons. The molecule has 1 aromatic rings. The summed E-state index contributed by atoms with van der Waals surface area (Å²) in [6.45, 7) is 14.7. The summed E-state index contributed by atoms with van der Waals surface area (Å²) < 4.78 is 0. The maximum atomic E-state index is 4.50. The molecule has 1 unspecified atom stereocenters. The molecule has 92 valence electrons. The zero-order chi connectivity index (χ0) is 13.0. The van der Waals surface area contributed by atoms with E-state index in [2.05, 4.69) is 50.6 Å². The van der Waals surface area contributed by atoms with E-state index in [9.17, 15) is 0 Å². The van der Waals surface area contributed by atoms with E-state index in [1.165, 1.54) is 22.4 Å². The third-order valence-corrected chi connectivity index (χ3v) is 3.07. The van der Waals surface area contributed by atoms with Gasteiger partial charge in [0, 0.05) is 17.8 Å². The predicted octanol–water partition coefficient (Wildman–Crippen LogP) is 4.92. The SMILES string of the molecule is C=C1C=Cc2ccnc(C(C)C)c2C1C.CC. The Balaban J connectivity index is 0.000000686. The molecule has 0 aromatic carbocycles. The van der Waals surface area contributed by atoms with Crippen LogP contribution in [-0.2, 0) is 0 Å². The maximum Gasteiger partial charge on any atom is 0.0473 e. The molecular formula is C16H23N. The zero-order valence-corrected chi connectivity index (χ0v) is 11.6. The van der Waals surface area contributed by atoms with Gasteiger partial charge in [-0.3, -0.25) is 4.98 Å². The normalized spacial score (nSPS) is 17.5. The van der Waals surface area contributed by atoms with Crippen molar-refractivity contribution in [2.45, 2.75) is 46.5 Å². The molecule has 1 atom stereocenters. The topological polar surface area (TPSA) is 12.9 Å². The standard InChI is InChI=1S/C14H17N.C2H6/c1-9(2)14-13-11(4)10(3)5-6-12(13)7-8-15-14;1-2/h5-9,11H,3H2,1-2,4H3;1-2H3. The quantitative estimate of drug-likeness (QED) is 0.666. The summed E-state index contributed by atoms with van der Waals surface area (Å²) >= 11 is 0. The molecular weight excluding hydrogens is 206 g/mol. The predicted molar refractivity (Wildman–Crippen MR) is 76.3 cm³/mol. The largest absolute Gasteiger partial charge is 0.261 e. The van der Waals surface area contributed by atoms with Gasteiger partial charge in [-0.05, 0) is 28.7 Å². The van der Waals surface area contributed by atoms with Crippen LogP contribution in [0, 0.1) is 0 Å². The Labute approximate surface area is 105 Å². The molecule has 0 saturated carbocycles. The zero-order valence-electron chi connectivity index (χ0n) is 11.6. The number of rotatable bonds is 1. The van der Waals surface area contributed by atoms with Gasteiger partial charge in [-0.2, -0.15) is 0 Å². The molecule has 1 aliphatic rings. The lowest BCUT2D eigenvalue weighted by Crippen LogP contribution is -2.09. The first kappa shape index (κ1) is 13.7. The summed E-state index contributed by atoms with van der Waals surface area (Å²) in [4.78, 5) is 4.50. The molecule has 1 heterocycles. The smallest absolute Gasteiger partial charge is 0.0473 e. The first-order chi connectivity index (χ1) is 8.11. The van der Waals surface area contributed by atoms with Crippen molar-refractivity contribution in [1.82, 2.24) is 4.98 Å². The summed E-state index contributed by atoms with van der Waals surface area (Å²) in [6, 6.07) is 2.08. The Morgan fingerprint density at radius 3 is 2.47 bits per heavy atom. The van der Waals surface area contributed by atoms with Crippen LogP contribution < -0.4 is 0 Å². The molecule has 0 aliphatic heterocycles. The molecule has 0 amide bonds. The highest BCUT2D eigenvalue weighted by molar-refractivity contribution is 5.64. The van der Waals surface area contributed by atoms with Crippen LogP contribution in [0.3, 0.4) is 0 Å². The molecule has 0 fully saturated rings. The fourth-order valence-electron chi connectivity index (χ4n) is 2.11. The van der Waals surface area contributed by atoms with Crippen molar-refractivity contribution in [2.24, 2.45) is 0 Å². The summed E-state index contributed by atoms with van der Waals surface area (Å²) in [5.74, 6) is 0.873. The lowest BCUT2D eigenvalue weighted by Gasteiger charge is -2.24. The minimum atomic E-state index is 0.399. The van der Waals surface area contributed by atoms with E-state index in [0.29, 0.717) is 11.8 Å². The van der Waals surface area contributed by atoms with Crippen molar-refractivity contribution < 1.29 is 0 Å². The van der Waals surface area contributed by atoms with Gasteiger partial charge in [0.2, 0.25) is 0 Å². The van der Waals surface area contributed by atoms with E-state index in [1.807, 2.05) is 20.0 Å². The number of hydrogen-bond acceptors (Lipinski definition) is 1. The summed E-state index contributed by atoms with van der Waals surface area (Å²) in [5.41, 5.74) is 5.05. The van der Waals surface area contributed by atoms with Crippen molar-refractivity contribution in [3.63, 3.8) is 0 Å². The summed E-state index contributed by atoms with van der Waals surface area (Å²) in [7, 11) is 0. The Hall–Kier alpha value is -1.37. The minimum Gasteiger partial charge on any atom is -0.261 e. The highest BCUT2D eigenvalue weighted by Crippen LogP contribution is 2.36. The third kappa shape index (κ3) is 2.66. The van der Waals surface area contributed by atoms with Crippen LogP contribution in [0.2, 0.25) is 0 Å². The van der Waals surface area contributed by atoms with Crippen LogP contribution in [-0.4, -0.2) is 4.98 Å². The number of aromatic nitrogens is 1. The minimum absolute atomic E-state index is 0.399. The van der Waals surface area contributed by atoms with Crippen molar-refractivity contribution in [1.29, 1.82) is 0 Å². The Kier molecular flexibility index (Phi) is 4.68. The number of nitrogens with zero attached hydrogens (tertiary/aromatic N) is 1. The van der Waals surface area contributed by atoms with Gasteiger partial charge in [-0.15, -0.1) is 0 Å². The van der Waals surface area contributed by atoms with Crippen LogP contribution in [0.5, 0.6) is 0 Å². The number of hydrogen-bond donors (Lipinski definition) is 0. The summed E-state index contributed by atoms with van der Waals surface area (Å²) in [6.07, 6.45) is 6.15. The second-order valence-electron chi connectivity index (χ2n) is 4.48. The van der Waals surface area contributed by atoms with Gasteiger partial charge in [0.05, 0.1) is 0 Å². The van der Waals surface area contributed by atoms with Crippen LogP contribution in [0.25, 0.3) is 6.08 Å². The first-order valence-electron chi connectivity index (χ1n) is 6.47. The molecule has 1 aromatic heterocycles. The van der Waals surface area contributed by atoms with Gasteiger partial charge in [-0.1, -0.05) is 53.3 Å². The van der Waals surface area contributed by atoms with Gasteiger partial charge in [0.1, 0.15) is 0 Å². The van der Waals surface area contributed by atoms with E-state index in [0.717, 1.165) is 0 Å². The third-order valence-electron chi connectivity index (χ3n) is 3.07. The lowest BCUT2D eigenvalue weighted by atomic mass is 9.82.